The summed E-state index contributed by atoms with van der Waals surface area (Å²) in [6.07, 6.45) is 8.15. The number of benzene rings is 4. The van der Waals surface area contributed by atoms with Gasteiger partial charge < -0.3 is 29.8 Å². The Morgan fingerprint density at radius 1 is 0.987 bits per heavy atom. The number of ether oxygens (including phenoxy) is 2. The lowest BCUT2D eigenvalue weighted by molar-refractivity contribution is -0.384. The second-order valence-electron chi connectivity index (χ2n) is 22.2. The third kappa shape index (κ3) is 10.4. The van der Waals surface area contributed by atoms with Crippen molar-refractivity contribution >= 4 is 44.0 Å². The first-order valence-electron chi connectivity index (χ1n) is 26.3. The minimum Gasteiger partial charge on any atom is -0.489 e. The van der Waals surface area contributed by atoms with E-state index >= 15 is 0 Å². The first-order chi connectivity index (χ1) is 36.0. The van der Waals surface area contributed by atoms with Crippen molar-refractivity contribution in [1.29, 1.82) is 0 Å². The van der Waals surface area contributed by atoms with Crippen molar-refractivity contribution in [1.82, 2.24) is 24.5 Å². The van der Waals surface area contributed by atoms with E-state index in [-0.39, 0.29) is 57.9 Å². The molecule has 4 aromatic carbocycles. The molecule has 6 aromatic rings. The smallest absolute Gasteiger partial charge is 0.297 e. The molecule has 0 bridgehead atoms. The molecule has 75 heavy (non-hydrogen) atoms. The van der Waals surface area contributed by atoms with Crippen molar-refractivity contribution < 1.29 is 37.1 Å². The first-order valence-corrected chi connectivity index (χ1v) is 27.8. The molecule has 1 unspecified atom stereocenters. The van der Waals surface area contributed by atoms with Gasteiger partial charge in [0.05, 0.1) is 38.6 Å². The van der Waals surface area contributed by atoms with Gasteiger partial charge in [-0.3, -0.25) is 24.7 Å². The summed E-state index contributed by atoms with van der Waals surface area (Å²) in [5.41, 5.74) is 4.09. The summed E-state index contributed by atoms with van der Waals surface area (Å²) in [7, 11) is -4.73. The summed E-state index contributed by atoms with van der Waals surface area (Å²) in [4.78, 5) is 40.1. The quantitative estimate of drug-likeness (QED) is 0.0631. The second kappa shape index (κ2) is 20.2. The van der Waals surface area contributed by atoms with E-state index in [2.05, 4.69) is 103 Å². The number of aromatic nitrogens is 2. The summed E-state index contributed by atoms with van der Waals surface area (Å²) in [6.45, 7) is 13.1. The average molecular weight is 1040 g/mol. The molecule has 1 amide bonds. The molecule has 1 aliphatic carbocycles. The molecule has 16 nitrogen and oxygen atoms in total. The Balaban J connectivity index is 0.803. The molecule has 4 aliphatic heterocycles. The zero-order chi connectivity index (χ0) is 52.2. The van der Waals surface area contributed by atoms with Gasteiger partial charge in [0.25, 0.3) is 21.6 Å². The molecule has 1 saturated carbocycles. The van der Waals surface area contributed by atoms with Crippen LogP contribution in [0.25, 0.3) is 11.0 Å². The number of sulfonamides is 1. The number of likely N-dealkylation sites (tertiary alicyclic amines) is 2. The fraction of sp³-hybridized carbons (Fsp3) is 0.439. The molecule has 4 N–H and O–H groups in total. The maximum Gasteiger partial charge on any atom is 0.297 e. The fourth-order valence-electron chi connectivity index (χ4n) is 12.5. The van der Waals surface area contributed by atoms with Gasteiger partial charge in [0.2, 0.25) is 0 Å². The minimum absolute atomic E-state index is 0.0120. The van der Waals surface area contributed by atoms with Crippen LogP contribution >= 0.6 is 0 Å². The molecular weight excluding hydrogens is 976 g/mol. The third-order valence-electron chi connectivity index (χ3n) is 16.8. The normalized spacial score (nSPS) is 24.0. The standard InChI is InChI=1S/C57H65FN8O8S/c1-36(2)42-11-7-8-12-43(42)46-32-63(31-37-9-5-4-6-10-37)22-17-49(46)65-34-57(35-65)20-23-64(24-21-57)39-13-14-44(51(25-39)74-40-26-45-47(58)30-60-54(45)59-29-40)55(67)62-75(71,72)41-27-50(66(69)70)53-52(28-41)73-33-48(61-53)38-15-18-56(3,68)19-16-38/h4-14,25-30,36,38,46,48-49,61,68H,15-24,31-35H2,1-3H3,(H,59,60)(H,62,67)/t38?,46-,48+,49?,56?/m0/s1. The molecule has 394 valence electrons. The van der Waals surface area contributed by atoms with Crippen LogP contribution in [0.5, 0.6) is 17.2 Å². The van der Waals surface area contributed by atoms with Crippen LogP contribution in [0.2, 0.25) is 0 Å². The molecule has 3 saturated heterocycles. The van der Waals surface area contributed by atoms with Gasteiger partial charge in [-0.2, -0.15) is 0 Å². The molecule has 5 aliphatic rings. The predicted molar refractivity (Wildman–Crippen MR) is 285 cm³/mol. The number of piperidine rings is 2. The van der Waals surface area contributed by atoms with Gasteiger partial charge in [0, 0.05) is 87.9 Å². The van der Waals surface area contributed by atoms with Crippen LogP contribution in [0.3, 0.4) is 0 Å². The molecule has 0 radical (unpaired) electrons. The number of halogens is 1. The molecular formula is C57H65FN8O8S. The number of carbonyl (C=O) groups excluding carboxylic acids is 1. The van der Waals surface area contributed by atoms with Crippen molar-refractivity contribution in [3.63, 3.8) is 0 Å². The highest BCUT2D eigenvalue weighted by Gasteiger charge is 2.50. The third-order valence-corrected chi connectivity index (χ3v) is 18.1. The number of fused-ring (bicyclic) bond motifs is 2. The fourth-order valence-corrected chi connectivity index (χ4v) is 13.5. The van der Waals surface area contributed by atoms with Gasteiger partial charge in [-0.05, 0) is 104 Å². The summed E-state index contributed by atoms with van der Waals surface area (Å²) >= 11 is 0. The number of aliphatic hydroxyl groups is 1. The number of nitro benzene ring substituents is 1. The second-order valence-corrected chi connectivity index (χ2v) is 23.9. The van der Waals surface area contributed by atoms with E-state index in [9.17, 15) is 32.8 Å². The molecule has 11 rings (SSSR count). The maximum absolute atomic E-state index is 14.8. The van der Waals surface area contributed by atoms with Gasteiger partial charge in [-0.25, -0.2) is 22.5 Å². The zero-order valence-electron chi connectivity index (χ0n) is 42.6. The Hall–Kier alpha value is -6.60. The summed E-state index contributed by atoms with van der Waals surface area (Å²) in [6, 6.07) is 28.4. The van der Waals surface area contributed by atoms with E-state index in [1.54, 1.807) is 19.1 Å². The Morgan fingerprint density at radius 3 is 2.48 bits per heavy atom. The number of hydrogen-bond donors (Lipinski definition) is 4. The number of amides is 1. The van der Waals surface area contributed by atoms with E-state index in [4.69, 9.17) is 9.47 Å². The number of carbonyl (C=O) groups is 1. The highest BCUT2D eigenvalue weighted by atomic mass is 32.2. The first kappa shape index (κ1) is 50.6. The lowest BCUT2D eigenvalue weighted by Crippen LogP contribution is -2.65. The topological polar surface area (TPSA) is 195 Å². The van der Waals surface area contributed by atoms with Crippen molar-refractivity contribution in [3.8, 4) is 17.2 Å². The van der Waals surface area contributed by atoms with Crippen LogP contribution in [-0.2, 0) is 16.6 Å². The number of nitrogens with one attached hydrogen (secondary N) is 3. The van der Waals surface area contributed by atoms with Crippen LogP contribution in [0.1, 0.15) is 105 Å². The Kier molecular flexibility index (Phi) is 13.6. The van der Waals surface area contributed by atoms with E-state index in [1.165, 1.54) is 47.3 Å². The summed E-state index contributed by atoms with van der Waals surface area (Å²) in [5, 5.41) is 26.3. The number of nitro groups is 1. The predicted octanol–water partition coefficient (Wildman–Crippen LogP) is 9.72. The molecule has 1 spiro atoms. The lowest BCUT2D eigenvalue weighted by Gasteiger charge is -2.59. The van der Waals surface area contributed by atoms with Crippen LogP contribution in [0.4, 0.5) is 21.5 Å². The van der Waals surface area contributed by atoms with Crippen LogP contribution < -0.4 is 24.4 Å². The van der Waals surface area contributed by atoms with Crippen molar-refractivity contribution in [2.45, 2.75) is 107 Å². The highest BCUT2D eigenvalue weighted by Crippen LogP contribution is 2.48. The monoisotopic (exact) mass is 1040 g/mol. The van der Waals surface area contributed by atoms with Crippen LogP contribution in [0, 0.1) is 27.3 Å². The molecule has 4 fully saturated rings. The lowest BCUT2D eigenvalue weighted by atomic mass is 9.69. The van der Waals surface area contributed by atoms with E-state index in [0.29, 0.717) is 49.2 Å². The molecule has 6 heterocycles. The minimum atomic E-state index is -4.73. The van der Waals surface area contributed by atoms with Crippen molar-refractivity contribution in [3.05, 3.63) is 142 Å². The Labute approximate surface area is 436 Å². The molecule has 18 heteroatoms. The Bertz CT molecular complexity index is 3220. The van der Waals surface area contributed by atoms with Gasteiger partial charge in [-0.1, -0.05) is 68.4 Å². The van der Waals surface area contributed by atoms with E-state index < -0.39 is 42.9 Å². The number of anilines is 2. The number of rotatable bonds is 13. The number of hydrogen-bond acceptors (Lipinski definition) is 13. The number of H-pyrrole nitrogens is 1. The average Bonchev–Trinajstić information content (AvgIpc) is 3.78. The van der Waals surface area contributed by atoms with Gasteiger partial charge in [0.15, 0.2) is 11.4 Å². The van der Waals surface area contributed by atoms with Crippen LogP contribution in [0.15, 0.2) is 108 Å². The molecule has 2 aromatic heterocycles. The number of nitrogens with zero attached hydrogens (tertiary/aromatic N) is 5. The molecule has 3 atom stereocenters. The van der Waals surface area contributed by atoms with Crippen molar-refractivity contribution in [2.75, 3.05) is 56.1 Å². The van der Waals surface area contributed by atoms with Crippen LogP contribution in [-0.4, -0.2) is 108 Å². The summed E-state index contributed by atoms with van der Waals surface area (Å²) in [5.74, 6) is -0.593. The SMILES string of the molecule is CC(C)c1ccccc1[C@@H]1CN(Cc2ccccc2)CCC1N1CC2(CCN(c3ccc(C(=O)NS(=O)(=O)c4cc5c(c([N+](=O)[O-])c4)N[C@@H](C4CCC(C)(O)CC4)CO5)c(Oc4cnc5[nH]cc(F)c5c4)c3)CC2)C1. The van der Waals surface area contributed by atoms with E-state index in [0.717, 1.165) is 76.8 Å². The van der Waals surface area contributed by atoms with Gasteiger partial charge in [-0.15, -0.1) is 0 Å². The maximum atomic E-state index is 14.8. The Morgan fingerprint density at radius 2 is 1.73 bits per heavy atom. The van der Waals surface area contributed by atoms with Gasteiger partial charge in [0.1, 0.15) is 29.6 Å². The van der Waals surface area contributed by atoms with E-state index in [1.807, 2.05) is 0 Å². The number of aromatic amines is 1. The highest BCUT2D eigenvalue weighted by molar-refractivity contribution is 7.90. The number of pyridine rings is 1. The zero-order valence-corrected chi connectivity index (χ0v) is 43.5. The van der Waals surface area contributed by atoms with Gasteiger partial charge >= 0.3 is 0 Å². The van der Waals surface area contributed by atoms with Crippen molar-refractivity contribution in [2.24, 2.45) is 11.3 Å². The largest absolute Gasteiger partial charge is 0.489 e. The summed E-state index contributed by atoms with van der Waals surface area (Å²) < 4.78 is 57.3.